The van der Waals surface area contributed by atoms with E-state index >= 15 is 0 Å². The molecule has 4 rings (SSSR count). The SMILES string of the molecule is O=C(Nc1cccc(Cl)c1)c1ccc(CN2CCN(Cc3ccccn3)C(=O)C2=O)cc1. The first kappa shape index (κ1) is 21.5. The first-order valence-corrected chi connectivity index (χ1v) is 10.5. The minimum atomic E-state index is -0.532. The van der Waals surface area contributed by atoms with Crippen LogP contribution < -0.4 is 5.32 Å². The normalized spacial score (nSPS) is 13.9. The van der Waals surface area contributed by atoms with Gasteiger partial charge in [-0.1, -0.05) is 35.9 Å². The summed E-state index contributed by atoms with van der Waals surface area (Å²) in [5.74, 6) is -1.32. The molecule has 0 bridgehead atoms. The van der Waals surface area contributed by atoms with E-state index in [2.05, 4.69) is 10.3 Å². The number of piperazine rings is 1. The van der Waals surface area contributed by atoms with Crippen molar-refractivity contribution in [2.45, 2.75) is 13.1 Å². The molecule has 2 heterocycles. The molecular formula is C24H21ClN4O3. The Morgan fingerprint density at radius 1 is 0.906 bits per heavy atom. The summed E-state index contributed by atoms with van der Waals surface area (Å²) in [6.45, 7) is 1.50. The van der Waals surface area contributed by atoms with Crippen molar-refractivity contribution in [1.82, 2.24) is 14.8 Å². The molecule has 0 spiro atoms. The van der Waals surface area contributed by atoms with Crippen molar-refractivity contribution in [3.63, 3.8) is 0 Å². The summed E-state index contributed by atoms with van der Waals surface area (Å²) >= 11 is 5.95. The highest BCUT2D eigenvalue weighted by molar-refractivity contribution is 6.35. The van der Waals surface area contributed by atoms with Gasteiger partial charge in [0.25, 0.3) is 5.91 Å². The van der Waals surface area contributed by atoms with Crippen LogP contribution in [0.4, 0.5) is 5.69 Å². The fraction of sp³-hybridized carbons (Fsp3) is 0.167. The first-order valence-electron chi connectivity index (χ1n) is 10.1. The van der Waals surface area contributed by atoms with E-state index in [0.29, 0.717) is 42.5 Å². The molecule has 2 aromatic carbocycles. The number of carbonyl (C=O) groups is 3. The molecule has 1 fully saturated rings. The van der Waals surface area contributed by atoms with Crippen LogP contribution in [0.5, 0.6) is 0 Å². The lowest BCUT2D eigenvalue weighted by Crippen LogP contribution is -2.53. The average molecular weight is 449 g/mol. The lowest BCUT2D eigenvalue weighted by molar-refractivity contribution is -0.156. The van der Waals surface area contributed by atoms with Gasteiger partial charge in [-0.05, 0) is 48.0 Å². The van der Waals surface area contributed by atoms with E-state index in [9.17, 15) is 14.4 Å². The molecule has 0 aliphatic carbocycles. The molecule has 1 saturated heterocycles. The summed E-state index contributed by atoms with van der Waals surface area (Å²) in [4.78, 5) is 44.8. The third-order valence-corrected chi connectivity index (χ3v) is 5.38. The van der Waals surface area contributed by atoms with Crippen LogP contribution in [-0.2, 0) is 22.7 Å². The molecule has 32 heavy (non-hydrogen) atoms. The molecule has 162 valence electrons. The van der Waals surface area contributed by atoms with Crippen LogP contribution in [0.3, 0.4) is 0 Å². The number of amides is 3. The van der Waals surface area contributed by atoms with Gasteiger partial charge in [0.05, 0.1) is 12.2 Å². The number of nitrogens with zero attached hydrogens (tertiary/aromatic N) is 3. The van der Waals surface area contributed by atoms with Crippen LogP contribution in [0.1, 0.15) is 21.6 Å². The highest BCUT2D eigenvalue weighted by Crippen LogP contribution is 2.17. The fourth-order valence-electron chi connectivity index (χ4n) is 3.46. The fourth-order valence-corrected chi connectivity index (χ4v) is 3.65. The molecule has 8 heteroatoms. The molecule has 1 aliphatic heterocycles. The van der Waals surface area contributed by atoms with Gasteiger partial charge in [0.2, 0.25) is 0 Å². The minimum absolute atomic E-state index is 0.256. The lowest BCUT2D eigenvalue weighted by atomic mass is 10.1. The van der Waals surface area contributed by atoms with Crippen molar-refractivity contribution in [2.75, 3.05) is 18.4 Å². The Morgan fingerprint density at radius 2 is 1.62 bits per heavy atom. The molecule has 0 saturated carbocycles. The van der Waals surface area contributed by atoms with Crippen molar-refractivity contribution in [2.24, 2.45) is 0 Å². The number of anilines is 1. The van der Waals surface area contributed by atoms with Crippen LogP contribution in [0.15, 0.2) is 72.9 Å². The highest BCUT2D eigenvalue weighted by Gasteiger charge is 2.32. The molecule has 3 amide bonds. The number of rotatable bonds is 6. The number of carbonyl (C=O) groups excluding carboxylic acids is 3. The Hall–Kier alpha value is -3.71. The van der Waals surface area contributed by atoms with Gasteiger partial charge >= 0.3 is 11.8 Å². The van der Waals surface area contributed by atoms with E-state index in [1.54, 1.807) is 60.8 Å². The smallest absolute Gasteiger partial charge is 0.312 e. The monoisotopic (exact) mass is 448 g/mol. The second kappa shape index (κ2) is 9.62. The Labute approximate surface area is 190 Å². The van der Waals surface area contributed by atoms with Crippen LogP contribution >= 0.6 is 11.6 Å². The summed E-state index contributed by atoms with van der Waals surface area (Å²) in [5, 5.41) is 3.33. The predicted molar refractivity (Wildman–Crippen MR) is 121 cm³/mol. The molecule has 0 radical (unpaired) electrons. The minimum Gasteiger partial charge on any atom is -0.328 e. The van der Waals surface area contributed by atoms with E-state index in [4.69, 9.17) is 11.6 Å². The van der Waals surface area contributed by atoms with Gasteiger partial charge in [-0.25, -0.2) is 0 Å². The summed E-state index contributed by atoms with van der Waals surface area (Å²) in [6.07, 6.45) is 1.66. The van der Waals surface area contributed by atoms with Gasteiger partial charge in [0, 0.05) is 42.1 Å². The molecule has 7 nitrogen and oxygen atoms in total. The van der Waals surface area contributed by atoms with Gasteiger partial charge in [-0.15, -0.1) is 0 Å². The average Bonchev–Trinajstić information content (AvgIpc) is 2.80. The van der Waals surface area contributed by atoms with E-state index in [1.807, 2.05) is 12.1 Å². The first-order chi connectivity index (χ1) is 15.5. The molecule has 0 atom stereocenters. The number of halogens is 1. The maximum Gasteiger partial charge on any atom is 0.312 e. The molecule has 1 aromatic heterocycles. The largest absolute Gasteiger partial charge is 0.328 e. The quantitative estimate of drug-likeness (QED) is 0.586. The molecular weight excluding hydrogens is 428 g/mol. The third kappa shape index (κ3) is 5.12. The lowest BCUT2D eigenvalue weighted by Gasteiger charge is -2.33. The van der Waals surface area contributed by atoms with Crippen LogP contribution in [0.2, 0.25) is 5.02 Å². The zero-order chi connectivity index (χ0) is 22.5. The number of benzene rings is 2. The topological polar surface area (TPSA) is 82.6 Å². The van der Waals surface area contributed by atoms with Crippen molar-refractivity contribution in [3.8, 4) is 0 Å². The summed E-state index contributed by atoms with van der Waals surface area (Å²) < 4.78 is 0. The predicted octanol–water partition coefficient (Wildman–Crippen LogP) is 3.36. The standard InChI is InChI=1S/C24H21ClN4O3/c25-19-4-3-6-20(14-19)27-22(30)18-9-7-17(8-10-18)15-28-12-13-29(24(32)23(28)31)16-21-5-1-2-11-26-21/h1-11,14H,12-13,15-16H2,(H,27,30). The van der Waals surface area contributed by atoms with Crippen LogP contribution in [0.25, 0.3) is 0 Å². The van der Waals surface area contributed by atoms with E-state index < -0.39 is 11.8 Å². The van der Waals surface area contributed by atoms with Crippen LogP contribution in [0, 0.1) is 0 Å². The summed E-state index contributed by atoms with van der Waals surface area (Å²) in [7, 11) is 0. The number of aromatic nitrogens is 1. The summed E-state index contributed by atoms with van der Waals surface area (Å²) in [5.41, 5.74) is 2.67. The Kier molecular flexibility index (Phi) is 6.47. The second-order valence-corrected chi connectivity index (χ2v) is 7.87. The van der Waals surface area contributed by atoms with Crippen molar-refractivity contribution < 1.29 is 14.4 Å². The Morgan fingerprint density at radius 3 is 2.28 bits per heavy atom. The number of hydrogen-bond donors (Lipinski definition) is 1. The van der Waals surface area contributed by atoms with Crippen LogP contribution in [-0.4, -0.2) is 45.6 Å². The Balaban J connectivity index is 1.35. The zero-order valence-electron chi connectivity index (χ0n) is 17.2. The van der Waals surface area contributed by atoms with Gasteiger partial charge in [0.15, 0.2) is 0 Å². The number of hydrogen-bond acceptors (Lipinski definition) is 4. The zero-order valence-corrected chi connectivity index (χ0v) is 18.0. The molecule has 0 unspecified atom stereocenters. The molecule has 1 N–H and O–H groups in total. The van der Waals surface area contributed by atoms with E-state index in [0.717, 1.165) is 11.3 Å². The van der Waals surface area contributed by atoms with Crippen molar-refractivity contribution in [3.05, 3.63) is 94.8 Å². The van der Waals surface area contributed by atoms with Crippen molar-refractivity contribution >= 4 is 35.0 Å². The highest BCUT2D eigenvalue weighted by atomic mass is 35.5. The third-order valence-electron chi connectivity index (χ3n) is 5.15. The maximum absolute atomic E-state index is 12.6. The Bertz CT molecular complexity index is 1140. The second-order valence-electron chi connectivity index (χ2n) is 7.44. The van der Waals surface area contributed by atoms with Gasteiger partial charge in [-0.2, -0.15) is 0 Å². The van der Waals surface area contributed by atoms with Gasteiger partial charge < -0.3 is 15.1 Å². The summed E-state index contributed by atoms with van der Waals surface area (Å²) in [6, 6.07) is 19.4. The van der Waals surface area contributed by atoms with Gasteiger partial charge in [-0.3, -0.25) is 19.4 Å². The van der Waals surface area contributed by atoms with Crippen molar-refractivity contribution in [1.29, 1.82) is 0 Å². The number of nitrogens with one attached hydrogen (secondary N) is 1. The van der Waals surface area contributed by atoms with Gasteiger partial charge in [0.1, 0.15) is 0 Å². The van der Waals surface area contributed by atoms with E-state index in [1.165, 1.54) is 9.80 Å². The molecule has 3 aromatic rings. The maximum atomic E-state index is 12.6. The molecule has 1 aliphatic rings. The van der Waals surface area contributed by atoms with E-state index in [-0.39, 0.29) is 5.91 Å². The number of pyridine rings is 1.